The predicted molar refractivity (Wildman–Crippen MR) is 75.1 cm³/mol. The standard InChI is InChI=1S/C15H15O2P/c1-12(16)17-15(18,13-8-4-2-5-9-13)14-10-6-3-7-11-14/h2-11H,18H2,1H3. The molecule has 0 aromatic heterocycles. The fourth-order valence-electron chi connectivity index (χ4n) is 1.88. The van der Waals surface area contributed by atoms with Gasteiger partial charge in [0.1, 0.15) is 0 Å². The maximum Gasteiger partial charge on any atom is 0.304 e. The second-order valence-corrected chi connectivity index (χ2v) is 4.87. The van der Waals surface area contributed by atoms with Crippen molar-refractivity contribution < 1.29 is 9.53 Å². The lowest BCUT2D eigenvalue weighted by atomic mass is 10.0. The number of rotatable bonds is 3. The Bertz CT molecular complexity index is 483. The van der Waals surface area contributed by atoms with Gasteiger partial charge in [0, 0.05) is 18.1 Å². The molecule has 0 bridgehead atoms. The van der Waals surface area contributed by atoms with Crippen LogP contribution < -0.4 is 0 Å². The highest BCUT2D eigenvalue weighted by atomic mass is 31.0. The molecule has 2 aromatic carbocycles. The molecule has 0 saturated heterocycles. The minimum atomic E-state index is -0.825. The molecule has 2 nitrogen and oxygen atoms in total. The first-order valence-corrected chi connectivity index (χ1v) is 6.30. The van der Waals surface area contributed by atoms with Crippen molar-refractivity contribution in [2.75, 3.05) is 0 Å². The van der Waals surface area contributed by atoms with Gasteiger partial charge >= 0.3 is 5.97 Å². The molecule has 1 atom stereocenters. The largest absolute Gasteiger partial charge is 0.445 e. The summed E-state index contributed by atoms with van der Waals surface area (Å²) in [5.74, 6) is -0.308. The minimum Gasteiger partial charge on any atom is -0.445 e. The van der Waals surface area contributed by atoms with Crippen molar-refractivity contribution in [1.82, 2.24) is 0 Å². The lowest BCUT2D eigenvalue weighted by molar-refractivity contribution is -0.147. The third-order valence-corrected chi connectivity index (χ3v) is 3.49. The van der Waals surface area contributed by atoms with Crippen LogP contribution in [0.3, 0.4) is 0 Å². The quantitative estimate of drug-likeness (QED) is 0.623. The van der Waals surface area contributed by atoms with E-state index in [1.165, 1.54) is 6.92 Å². The fraction of sp³-hybridized carbons (Fsp3) is 0.133. The van der Waals surface area contributed by atoms with E-state index in [1.807, 2.05) is 60.7 Å². The average Bonchev–Trinajstić information content (AvgIpc) is 2.40. The number of hydrogen-bond donors (Lipinski definition) is 0. The SMILES string of the molecule is CC(=O)OC(P)(c1ccccc1)c1ccccc1. The zero-order chi connectivity index (χ0) is 13.0. The highest BCUT2D eigenvalue weighted by Gasteiger charge is 2.32. The van der Waals surface area contributed by atoms with Gasteiger partial charge in [-0.1, -0.05) is 69.9 Å². The van der Waals surface area contributed by atoms with Gasteiger partial charge in [0.15, 0.2) is 5.34 Å². The number of benzene rings is 2. The van der Waals surface area contributed by atoms with Crippen LogP contribution in [0.4, 0.5) is 0 Å². The van der Waals surface area contributed by atoms with Crippen LogP contribution in [0.15, 0.2) is 60.7 Å². The first-order chi connectivity index (χ1) is 8.63. The van der Waals surface area contributed by atoms with E-state index in [0.29, 0.717) is 0 Å². The summed E-state index contributed by atoms with van der Waals surface area (Å²) in [6, 6.07) is 19.4. The Morgan fingerprint density at radius 3 is 1.67 bits per heavy atom. The second kappa shape index (κ2) is 5.32. The molecular formula is C15H15O2P. The molecule has 2 aromatic rings. The lowest BCUT2D eigenvalue weighted by Crippen LogP contribution is -2.26. The van der Waals surface area contributed by atoms with Gasteiger partial charge in [-0.15, -0.1) is 0 Å². The molecule has 0 aliphatic carbocycles. The van der Waals surface area contributed by atoms with Crippen LogP contribution in [0.2, 0.25) is 0 Å². The molecule has 0 amide bonds. The van der Waals surface area contributed by atoms with Gasteiger partial charge in [-0.3, -0.25) is 4.79 Å². The summed E-state index contributed by atoms with van der Waals surface area (Å²) < 4.78 is 5.53. The van der Waals surface area contributed by atoms with Gasteiger partial charge in [0.25, 0.3) is 0 Å². The summed E-state index contributed by atoms with van der Waals surface area (Å²) in [7, 11) is 2.65. The molecule has 0 N–H and O–H groups in total. The number of hydrogen-bond acceptors (Lipinski definition) is 2. The van der Waals surface area contributed by atoms with E-state index >= 15 is 0 Å². The first kappa shape index (κ1) is 12.8. The normalized spacial score (nSPS) is 11.0. The maximum absolute atomic E-state index is 11.4. The van der Waals surface area contributed by atoms with E-state index in [9.17, 15) is 4.79 Å². The third-order valence-electron chi connectivity index (χ3n) is 2.71. The molecule has 92 valence electrons. The lowest BCUT2D eigenvalue weighted by Gasteiger charge is -2.30. The molecule has 0 heterocycles. The van der Waals surface area contributed by atoms with Crippen LogP contribution in [0, 0.1) is 0 Å². The van der Waals surface area contributed by atoms with E-state index < -0.39 is 5.34 Å². The Labute approximate surface area is 109 Å². The van der Waals surface area contributed by atoms with Gasteiger partial charge in [-0.2, -0.15) is 0 Å². The Morgan fingerprint density at radius 2 is 1.33 bits per heavy atom. The predicted octanol–water partition coefficient (Wildman–Crippen LogP) is 3.33. The van der Waals surface area contributed by atoms with Crippen molar-refractivity contribution in [2.45, 2.75) is 12.3 Å². The van der Waals surface area contributed by atoms with Gasteiger partial charge in [-0.25, -0.2) is 0 Å². The summed E-state index contributed by atoms with van der Waals surface area (Å²) in [5, 5.41) is -0.825. The topological polar surface area (TPSA) is 26.3 Å². The van der Waals surface area contributed by atoms with E-state index in [0.717, 1.165) is 11.1 Å². The van der Waals surface area contributed by atoms with Crippen LogP contribution in [0.1, 0.15) is 18.1 Å². The fourth-order valence-corrected chi connectivity index (χ4v) is 2.43. The molecule has 0 saturated carbocycles. The van der Waals surface area contributed by atoms with Gasteiger partial charge in [0.2, 0.25) is 0 Å². The molecule has 2 rings (SSSR count). The molecule has 0 spiro atoms. The van der Waals surface area contributed by atoms with Gasteiger partial charge in [-0.05, 0) is 0 Å². The number of ether oxygens (including phenoxy) is 1. The monoisotopic (exact) mass is 258 g/mol. The Kier molecular flexibility index (Phi) is 3.78. The second-order valence-electron chi connectivity index (χ2n) is 4.06. The third kappa shape index (κ3) is 2.60. The van der Waals surface area contributed by atoms with E-state index in [1.54, 1.807) is 0 Å². The summed E-state index contributed by atoms with van der Waals surface area (Å²) >= 11 is 0. The van der Waals surface area contributed by atoms with E-state index in [2.05, 4.69) is 9.24 Å². The molecule has 0 radical (unpaired) electrons. The van der Waals surface area contributed by atoms with Crippen LogP contribution in [-0.2, 0) is 14.9 Å². The Hall–Kier alpha value is -1.66. The van der Waals surface area contributed by atoms with E-state index in [4.69, 9.17) is 4.74 Å². The van der Waals surface area contributed by atoms with Crippen molar-refractivity contribution in [3.63, 3.8) is 0 Å². The molecule has 0 aliphatic rings. The Morgan fingerprint density at radius 1 is 0.944 bits per heavy atom. The summed E-state index contributed by atoms with van der Waals surface area (Å²) in [4.78, 5) is 11.4. The smallest absolute Gasteiger partial charge is 0.304 e. The summed E-state index contributed by atoms with van der Waals surface area (Å²) in [6.07, 6.45) is 0. The molecule has 3 heteroatoms. The van der Waals surface area contributed by atoms with Crippen molar-refractivity contribution in [1.29, 1.82) is 0 Å². The van der Waals surface area contributed by atoms with Crippen molar-refractivity contribution in [3.05, 3.63) is 71.8 Å². The van der Waals surface area contributed by atoms with Gasteiger partial charge in [0.05, 0.1) is 0 Å². The van der Waals surface area contributed by atoms with Crippen molar-refractivity contribution >= 4 is 15.2 Å². The minimum absolute atomic E-state index is 0.308. The van der Waals surface area contributed by atoms with Crippen molar-refractivity contribution in [2.24, 2.45) is 0 Å². The van der Waals surface area contributed by atoms with Crippen LogP contribution >= 0.6 is 9.24 Å². The van der Waals surface area contributed by atoms with Crippen LogP contribution in [0.5, 0.6) is 0 Å². The van der Waals surface area contributed by atoms with Crippen molar-refractivity contribution in [3.8, 4) is 0 Å². The molecule has 0 aliphatic heterocycles. The number of carbonyl (C=O) groups excluding carboxylic acids is 1. The maximum atomic E-state index is 11.4. The zero-order valence-corrected chi connectivity index (χ0v) is 11.3. The Balaban J connectivity index is 2.51. The van der Waals surface area contributed by atoms with Gasteiger partial charge < -0.3 is 4.74 Å². The first-order valence-electron chi connectivity index (χ1n) is 5.72. The molecular weight excluding hydrogens is 243 g/mol. The zero-order valence-electron chi connectivity index (χ0n) is 10.2. The average molecular weight is 258 g/mol. The highest BCUT2D eigenvalue weighted by molar-refractivity contribution is 7.18. The van der Waals surface area contributed by atoms with Crippen LogP contribution in [0.25, 0.3) is 0 Å². The summed E-state index contributed by atoms with van der Waals surface area (Å²) in [6.45, 7) is 1.42. The van der Waals surface area contributed by atoms with Crippen LogP contribution in [-0.4, -0.2) is 5.97 Å². The number of esters is 1. The summed E-state index contributed by atoms with van der Waals surface area (Å²) in [5.41, 5.74) is 1.85. The van der Waals surface area contributed by atoms with E-state index in [-0.39, 0.29) is 5.97 Å². The molecule has 1 unspecified atom stereocenters. The number of carbonyl (C=O) groups is 1. The molecule has 18 heavy (non-hydrogen) atoms. The highest BCUT2D eigenvalue weighted by Crippen LogP contribution is 2.39. The molecule has 0 fully saturated rings.